The van der Waals surface area contributed by atoms with Gasteiger partial charge in [-0.2, -0.15) is 0 Å². The van der Waals surface area contributed by atoms with Gasteiger partial charge in [0.15, 0.2) is 11.4 Å². The highest BCUT2D eigenvalue weighted by Gasteiger charge is 2.18. The van der Waals surface area contributed by atoms with Crippen LogP contribution in [0.4, 0.5) is 5.69 Å². The van der Waals surface area contributed by atoms with Crippen LogP contribution in [0.15, 0.2) is 53.8 Å². The fraction of sp³-hybridized carbons (Fsp3) is 0. The van der Waals surface area contributed by atoms with Gasteiger partial charge in [-0.15, -0.1) is 4.91 Å². The standard InChI is InChI=1S/C15H9N3O2/c19-15-13(17-20)10-6-2-1-5-9(10)12-14(15)18-8-4-3-7-11(18)16-12/h1-8,19H. The predicted octanol–water partition coefficient (Wildman–Crippen LogP) is 3.74. The molecule has 1 N–H and O–H groups in total. The zero-order valence-corrected chi connectivity index (χ0v) is 10.3. The van der Waals surface area contributed by atoms with Gasteiger partial charge < -0.3 is 5.11 Å². The molecule has 0 aliphatic heterocycles. The highest BCUT2D eigenvalue weighted by Crippen LogP contribution is 2.42. The molecule has 2 aromatic heterocycles. The molecule has 2 heterocycles. The molecule has 2 aromatic carbocycles. The van der Waals surface area contributed by atoms with Gasteiger partial charge in [0, 0.05) is 17.0 Å². The summed E-state index contributed by atoms with van der Waals surface area (Å²) in [4.78, 5) is 15.6. The number of phenols is 1. The zero-order chi connectivity index (χ0) is 13.7. The van der Waals surface area contributed by atoms with Crippen LogP contribution in [0.5, 0.6) is 5.75 Å². The first-order valence-electron chi connectivity index (χ1n) is 6.15. The smallest absolute Gasteiger partial charge is 0.172 e. The van der Waals surface area contributed by atoms with Crippen LogP contribution in [0.3, 0.4) is 0 Å². The third-order valence-corrected chi connectivity index (χ3v) is 3.51. The summed E-state index contributed by atoms with van der Waals surface area (Å²) in [5.41, 5.74) is 1.94. The molecule has 20 heavy (non-hydrogen) atoms. The molecular formula is C15H9N3O2. The van der Waals surface area contributed by atoms with E-state index in [-0.39, 0.29) is 11.4 Å². The molecule has 5 nitrogen and oxygen atoms in total. The summed E-state index contributed by atoms with van der Waals surface area (Å²) in [7, 11) is 0. The largest absolute Gasteiger partial charge is 0.504 e. The lowest BCUT2D eigenvalue weighted by Crippen LogP contribution is -1.84. The molecule has 0 spiro atoms. The highest BCUT2D eigenvalue weighted by atomic mass is 16.3. The van der Waals surface area contributed by atoms with E-state index in [1.165, 1.54) is 0 Å². The summed E-state index contributed by atoms with van der Waals surface area (Å²) >= 11 is 0. The van der Waals surface area contributed by atoms with Crippen LogP contribution in [0, 0.1) is 4.91 Å². The number of rotatable bonds is 1. The van der Waals surface area contributed by atoms with Gasteiger partial charge in [0.05, 0.1) is 0 Å². The number of hydrogen-bond donors (Lipinski definition) is 1. The van der Waals surface area contributed by atoms with E-state index >= 15 is 0 Å². The second-order valence-electron chi connectivity index (χ2n) is 4.57. The Morgan fingerprint density at radius 1 is 1.05 bits per heavy atom. The summed E-state index contributed by atoms with van der Waals surface area (Å²) < 4.78 is 1.76. The third-order valence-electron chi connectivity index (χ3n) is 3.51. The van der Waals surface area contributed by atoms with Crippen LogP contribution < -0.4 is 0 Å². The maximum atomic E-state index is 11.1. The topological polar surface area (TPSA) is 67.0 Å². The van der Waals surface area contributed by atoms with E-state index in [0.29, 0.717) is 22.1 Å². The van der Waals surface area contributed by atoms with Crippen molar-refractivity contribution >= 4 is 33.1 Å². The van der Waals surface area contributed by atoms with E-state index in [0.717, 1.165) is 5.39 Å². The molecule has 0 radical (unpaired) electrons. The zero-order valence-electron chi connectivity index (χ0n) is 10.3. The summed E-state index contributed by atoms with van der Waals surface area (Å²) in [6.07, 6.45) is 1.80. The van der Waals surface area contributed by atoms with Crippen molar-refractivity contribution in [2.45, 2.75) is 0 Å². The van der Waals surface area contributed by atoms with Crippen molar-refractivity contribution < 1.29 is 5.11 Å². The van der Waals surface area contributed by atoms with E-state index in [2.05, 4.69) is 10.2 Å². The van der Waals surface area contributed by atoms with Crippen LogP contribution in [0.1, 0.15) is 0 Å². The Morgan fingerprint density at radius 2 is 1.80 bits per heavy atom. The number of phenolic OH excluding ortho intramolecular Hbond substituents is 1. The number of fused-ring (bicyclic) bond motifs is 5. The van der Waals surface area contributed by atoms with Crippen LogP contribution in [0.2, 0.25) is 0 Å². The van der Waals surface area contributed by atoms with Crippen molar-refractivity contribution in [3.63, 3.8) is 0 Å². The van der Waals surface area contributed by atoms with Crippen molar-refractivity contribution in [2.75, 3.05) is 0 Å². The van der Waals surface area contributed by atoms with Gasteiger partial charge in [-0.05, 0) is 17.3 Å². The number of aromatic hydroxyl groups is 1. The number of pyridine rings is 1. The van der Waals surface area contributed by atoms with E-state index in [1.54, 1.807) is 22.7 Å². The minimum atomic E-state index is -0.132. The highest BCUT2D eigenvalue weighted by molar-refractivity contribution is 6.14. The molecule has 5 heteroatoms. The number of nitrogens with zero attached hydrogens (tertiary/aromatic N) is 3. The molecule has 4 aromatic rings. The second-order valence-corrected chi connectivity index (χ2v) is 4.57. The lowest BCUT2D eigenvalue weighted by Gasteiger charge is -2.05. The normalized spacial score (nSPS) is 11.4. The summed E-state index contributed by atoms with van der Waals surface area (Å²) in [6.45, 7) is 0. The molecule has 0 aliphatic carbocycles. The molecule has 4 rings (SSSR count). The van der Waals surface area contributed by atoms with Gasteiger partial charge in [0.25, 0.3) is 0 Å². The van der Waals surface area contributed by atoms with Gasteiger partial charge in [0.1, 0.15) is 16.7 Å². The van der Waals surface area contributed by atoms with Crippen molar-refractivity contribution in [2.24, 2.45) is 5.18 Å². The first kappa shape index (κ1) is 10.9. The molecular weight excluding hydrogens is 254 g/mol. The average Bonchev–Trinajstić information content (AvgIpc) is 2.88. The summed E-state index contributed by atoms with van der Waals surface area (Å²) in [5.74, 6) is -0.132. The van der Waals surface area contributed by atoms with Gasteiger partial charge in [-0.1, -0.05) is 30.3 Å². The Morgan fingerprint density at radius 3 is 2.60 bits per heavy atom. The predicted molar refractivity (Wildman–Crippen MR) is 77.3 cm³/mol. The number of imidazole rings is 1. The number of hydrogen-bond acceptors (Lipinski definition) is 4. The molecule has 96 valence electrons. The Hall–Kier alpha value is -2.95. The molecule has 0 aliphatic rings. The van der Waals surface area contributed by atoms with E-state index in [1.807, 2.05) is 30.3 Å². The molecule has 0 unspecified atom stereocenters. The molecule has 0 saturated heterocycles. The average molecular weight is 263 g/mol. The Balaban J connectivity index is 2.41. The summed E-state index contributed by atoms with van der Waals surface area (Å²) in [6, 6.07) is 12.9. The number of nitroso groups, excluding NO2 is 1. The molecule has 0 amide bonds. The van der Waals surface area contributed by atoms with Crippen molar-refractivity contribution in [1.29, 1.82) is 0 Å². The van der Waals surface area contributed by atoms with Crippen LogP contribution in [-0.4, -0.2) is 14.5 Å². The van der Waals surface area contributed by atoms with Crippen molar-refractivity contribution in [3.05, 3.63) is 53.6 Å². The van der Waals surface area contributed by atoms with Crippen molar-refractivity contribution in [3.8, 4) is 5.75 Å². The van der Waals surface area contributed by atoms with Crippen LogP contribution in [0.25, 0.3) is 27.5 Å². The minimum absolute atomic E-state index is 0.0544. The molecule has 0 saturated carbocycles. The fourth-order valence-electron chi connectivity index (χ4n) is 2.64. The van der Waals surface area contributed by atoms with E-state index < -0.39 is 0 Å². The Bertz CT molecular complexity index is 989. The Labute approximate surface area is 113 Å². The van der Waals surface area contributed by atoms with Crippen molar-refractivity contribution in [1.82, 2.24) is 9.38 Å². The second kappa shape index (κ2) is 3.77. The molecule has 0 bridgehead atoms. The summed E-state index contributed by atoms with van der Waals surface area (Å²) in [5, 5.41) is 14.8. The Kier molecular flexibility index (Phi) is 2.06. The SMILES string of the molecule is O=Nc1c(O)c2c(nc3ccccn32)c2ccccc12. The fourth-order valence-corrected chi connectivity index (χ4v) is 2.64. The lowest BCUT2D eigenvalue weighted by molar-refractivity contribution is 0.482. The maximum Gasteiger partial charge on any atom is 0.172 e. The maximum absolute atomic E-state index is 11.1. The van der Waals surface area contributed by atoms with E-state index in [4.69, 9.17) is 0 Å². The van der Waals surface area contributed by atoms with Gasteiger partial charge in [-0.25, -0.2) is 4.98 Å². The van der Waals surface area contributed by atoms with Gasteiger partial charge >= 0.3 is 0 Å². The monoisotopic (exact) mass is 263 g/mol. The first-order chi connectivity index (χ1) is 9.81. The van der Waals surface area contributed by atoms with Gasteiger partial charge in [0.2, 0.25) is 0 Å². The first-order valence-corrected chi connectivity index (χ1v) is 6.15. The number of aromatic nitrogens is 2. The quantitative estimate of drug-likeness (QED) is 0.532. The van der Waals surface area contributed by atoms with E-state index in [9.17, 15) is 10.0 Å². The minimum Gasteiger partial charge on any atom is -0.504 e. The van der Waals surface area contributed by atoms with Gasteiger partial charge in [-0.3, -0.25) is 4.40 Å². The third kappa shape index (κ3) is 1.23. The van der Waals surface area contributed by atoms with Crippen LogP contribution >= 0.6 is 0 Å². The lowest BCUT2D eigenvalue weighted by atomic mass is 10.1. The van der Waals surface area contributed by atoms with Crippen LogP contribution in [-0.2, 0) is 0 Å². The molecule has 0 fully saturated rings. The number of benzene rings is 2. The molecule has 0 atom stereocenters.